The van der Waals surface area contributed by atoms with Gasteiger partial charge >= 0.3 is 0 Å². The molecule has 1 heterocycles. The number of hydrogen-bond acceptors (Lipinski definition) is 3. The molecule has 0 unspecified atom stereocenters. The lowest BCUT2D eigenvalue weighted by atomic mass is 9.96. The number of benzene rings is 1. The van der Waals surface area contributed by atoms with E-state index >= 15 is 0 Å². The molecule has 0 aliphatic carbocycles. The number of hydrogen-bond donors (Lipinski definition) is 1. The van der Waals surface area contributed by atoms with Crippen LogP contribution in [0.3, 0.4) is 0 Å². The third-order valence-corrected chi connectivity index (χ3v) is 3.74. The molecule has 1 aromatic carbocycles. The SMILES string of the molecule is CC(C)(C)c1nc(Cl)cc(Nc2c(Cl)cc(F)cc2Br)n1. The maximum absolute atomic E-state index is 13.2. The molecule has 7 heteroatoms. The fourth-order valence-electron chi connectivity index (χ4n) is 1.61. The summed E-state index contributed by atoms with van der Waals surface area (Å²) < 4.78 is 13.7. The van der Waals surface area contributed by atoms with Gasteiger partial charge in [-0.2, -0.15) is 0 Å². The summed E-state index contributed by atoms with van der Waals surface area (Å²) >= 11 is 15.3. The first-order valence-electron chi connectivity index (χ1n) is 6.13. The lowest BCUT2D eigenvalue weighted by molar-refractivity contribution is 0.546. The van der Waals surface area contributed by atoms with Gasteiger partial charge in [0.15, 0.2) is 0 Å². The fraction of sp³-hybridized carbons (Fsp3) is 0.286. The number of rotatable bonds is 2. The molecule has 0 bridgehead atoms. The van der Waals surface area contributed by atoms with Crippen molar-refractivity contribution in [2.75, 3.05) is 5.32 Å². The van der Waals surface area contributed by atoms with Crippen molar-refractivity contribution < 1.29 is 4.39 Å². The third-order valence-electron chi connectivity index (χ3n) is 2.63. The van der Waals surface area contributed by atoms with Gasteiger partial charge in [0.1, 0.15) is 22.6 Å². The van der Waals surface area contributed by atoms with Crippen LogP contribution < -0.4 is 5.32 Å². The zero-order valence-corrected chi connectivity index (χ0v) is 14.7. The van der Waals surface area contributed by atoms with Crippen LogP contribution in [0.4, 0.5) is 15.9 Å². The molecule has 0 fully saturated rings. The smallest absolute Gasteiger partial charge is 0.137 e. The quantitative estimate of drug-likeness (QED) is 0.663. The molecular formula is C14H13BrCl2FN3. The van der Waals surface area contributed by atoms with E-state index in [1.54, 1.807) is 6.07 Å². The molecule has 0 aliphatic heterocycles. The monoisotopic (exact) mass is 391 g/mol. The van der Waals surface area contributed by atoms with E-state index in [0.717, 1.165) is 0 Å². The van der Waals surface area contributed by atoms with Gasteiger partial charge in [0.2, 0.25) is 0 Å². The maximum Gasteiger partial charge on any atom is 0.137 e. The van der Waals surface area contributed by atoms with Crippen molar-refractivity contribution in [1.29, 1.82) is 0 Å². The van der Waals surface area contributed by atoms with Crippen molar-refractivity contribution in [3.8, 4) is 0 Å². The highest BCUT2D eigenvalue weighted by Gasteiger charge is 2.19. The Balaban J connectivity index is 2.43. The highest BCUT2D eigenvalue weighted by Crippen LogP contribution is 2.34. The predicted octanol–water partition coefficient (Wildman–Crippen LogP) is 5.73. The van der Waals surface area contributed by atoms with Crippen LogP contribution in [0.15, 0.2) is 22.7 Å². The Bertz CT molecular complexity index is 663. The molecular weight excluding hydrogens is 380 g/mol. The standard InChI is InChI=1S/C14H13BrCl2FN3/c1-14(2,3)13-19-10(17)6-11(21-13)20-12-8(15)4-7(18)5-9(12)16/h4-6H,1-3H3,(H,19,20,21). The zero-order chi connectivity index (χ0) is 15.8. The van der Waals surface area contributed by atoms with Gasteiger partial charge in [0.25, 0.3) is 0 Å². The molecule has 2 aromatic rings. The van der Waals surface area contributed by atoms with Crippen LogP contribution in [0.5, 0.6) is 0 Å². The van der Waals surface area contributed by atoms with E-state index in [-0.39, 0.29) is 10.4 Å². The molecule has 0 saturated carbocycles. The predicted molar refractivity (Wildman–Crippen MR) is 88.1 cm³/mol. The van der Waals surface area contributed by atoms with Crippen LogP contribution in [0.1, 0.15) is 26.6 Å². The van der Waals surface area contributed by atoms with Crippen LogP contribution in [0, 0.1) is 5.82 Å². The van der Waals surface area contributed by atoms with Crippen LogP contribution >= 0.6 is 39.1 Å². The highest BCUT2D eigenvalue weighted by atomic mass is 79.9. The van der Waals surface area contributed by atoms with Gasteiger partial charge in [-0.1, -0.05) is 44.0 Å². The molecule has 0 spiro atoms. The van der Waals surface area contributed by atoms with Gasteiger partial charge < -0.3 is 5.32 Å². The summed E-state index contributed by atoms with van der Waals surface area (Å²) in [6, 6.07) is 4.13. The summed E-state index contributed by atoms with van der Waals surface area (Å²) in [6.45, 7) is 5.97. The first kappa shape index (κ1) is 16.5. The number of aromatic nitrogens is 2. The number of nitrogens with zero attached hydrogens (tertiary/aromatic N) is 2. The molecule has 0 radical (unpaired) electrons. The second kappa shape index (κ2) is 6.07. The van der Waals surface area contributed by atoms with E-state index in [9.17, 15) is 4.39 Å². The molecule has 0 atom stereocenters. The van der Waals surface area contributed by atoms with Gasteiger partial charge in [-0.25, -0.2) is 14.4 Å². The first-order chi connectivity index (χ1) is 9.66. The minimum Gasteiger partial charge on any atom is -0.338 e. The molecule has 1 aromatic heterocycles. The summed E-state index contributed by atoms with van der Waals surface area (Å²) in [5.41, 5.74) is 0.276. The number of halogens is 4. The summed E-state index contributed by atoms with van der Waals surface area (Å²) in [5, 5.41) is 3.61. The largest absolute Gasteiger partial charge is 0.338 e. The molecule has 0 saturated heterocycles. The van der Waals surface area contributed by atoms with Crippen molar-refractivity contribution in [3.63, 3.8) is 0 Å². The Morgan fingerprint density at radius 3 is 2.38 bits per heavy atom. The zero-order valence-electron chi connectivity index (χ0n) is 11.6. The summed E-state index contributed by atoms with van der Waals surface area (Å²) in [5.74, 6) is 0.675. The van der Waals surface area contributed by atoms with Crippen molar-refractivity contribution >= 4 is 50.6 Å². The Morgan fingerprint density at radius 2 is 1.81 bits per heavy atom. The third kappa shape index (κ3) is 4.05. The minimum atomic E-state index is -0.423. The van der Waals surface area contributed by atoms with Gasteiger partial charge in [-0.15, -0.1) is 0 Å². The second-order valence-corrected chi connectivity index (χ2v) is 7.17. The summed E-state index contributed by atoms with van der Waals surface area (Å²) in [6.07, 6.45) is 0. The Kier molecular flexibility index (Phi) is 4.76. The topological polar surface area (TPSA) is 37.8 Å². The Labute approximate surface area is 141 Å². The van der Waals surface area contributed by atoms with E-state index in [4.69, 9.17) is 23.2 Å². The average Bonchev–Trinajstić information content (AvgIpc) is 2.32. The molecule has 21 heavy (non-hydrogen) atoms. The van der Waals surface area contributed by atoms with Gasteiger partial charge in [-0.05, 0) is 28.1 Å². The van der Waals surface area contributed by atoms with E-state index in [1.165, 1.54) is 12.1 Å². The normalized spacial score (nSPS) is 11.6. The molecule has 0 amide bonds. The van der Waals surface area contributed by atoms with Gasteiger partial charge in [0.05, 0.1) is 10.7 Å². The van der Waals surface area contributed by atoms with Crippen LogP contribution in [-0.2, 0) is 5.41 Å². The van der Waals surface area contributed by atoms with Gasteiger partial charge in [0, 0.05) is 16.0 Å². The van der Waals surface area contributed by atoms with Crippen LogP contribution in [0.2, 0.25) is 10.2 Å². The second-order valence-electron chi connectivity index (χ2n) is 5.52. The molecule has 0 aliphatic rings. The number of nitrogens with one attached hydrogen (secondary N) is 1. The fourth-order valence-corrected chi connectivity index (χ4v) is 2.69. The van der Waals surface area contributed by atoms with Crippen molar-refractivity contribution in [3.05, 3.63) is 44.5 Å². The lowest BCUT2D eigenvalue weighted by Gasteiger charge is -2.18. The summed E-state index contributed by atoms with van der Waals surface area (Å²) in [4.78, 5) is 8.64. The van der Waals surface area contributed by atoms with Gasteiger partial charge in [-0.3, -0.25) is 0 Å². The van der Waals surface area contributed by atoms with E-state index in [0.29, 0.717) is 27.0 Å². The van der Waals surface area contributed by atoms with Crippen LogP contribution in [0.25, 0.3) is 0 Å². The lowest BCUT2D eigenvalue weighted by Crippen LogP contribution is -2.16. The highest BCUT2D eigenvalue weighted by molar-refractivity contribution is 9.10. The number of anilines is 2. The van der Waals surface area contributed by atoms with Crippen LogP contribution in [-0.4, -0.2) is 9.97 Å². The minimum absolute atomic E-state index is 0.244. The first-order valence-corrected chi connectivity index (χ1v) is 7.68. The average molecular weight is 393 g/mol. The Hall–Kier alpha value is -0.910. The maximum atomic E-state index is 13.2. The van der Waals surface area contributed by atoms with E-state index in [2.05, 4.69) is 31.2 Å². The summed E-state index contributed by atoms with van der Waals surface area (Å²) in [7, 11) is 0. The van der Waals surface area contributed by atoms with E-state index < -0.39 is 5.82 Å². The molecule has 2 rings (SSSR count). The Morgan fingerprint density at radius 1 is 1.14 bits per heavy atom. The van der Waals surface area contributed by atoms with Crippen molar-refractivity contribution in [2.24, 2.45) is 0 Å². The molecule has 112 valence electrons. The van der Waals surface area contributed by atoms with Crippen molar-refractivity contribution in [2.45, 2.75) is 26.2 Å². The molecule has 1 N–H and O–H groups in total. The molecule has 3 nitrogen and oxygen atoms in total. The van der Waals surface area contributed by atoms with E-state index in [1.807, 2.05) is 20.8 Å². The van der Waals surface area contributed by atoms with Crippen molar-refractivity contribution in [1.82, 2.24) is 9.97 Å².